The van der Waals surface area contributed by atoms with Crippen LogP contribution in [0.15, 0.2) is 30.6 Å². The molecule has 0 aliphatic heterocycles. The first-order chi connectivity index (χ1) is 14.2. The number of hydrogen-bond acceptors (Lipinski definition) is 5. The molecule has 0 bridgehead atoms. The molecule has 2 heterocycles. The Hall–Kier alpha value is -3.04. The molecule has 158 valence electrons. The first-order valence-corrected chi connectivity index (χ1v) is 9.63. The summed E-state index contributed by atoms with van der Waals surface area (Å²) in [4.78, 5) is 23.6. The third-order valence-electron chi connectivity index (χ3n) is 4.47. The predicted octanol–water partition coefficient (Wildman–Crippen LogP) is 3.94. The Morgan fingerprint density at radius 2 is 2.03 bits per heavy atom. The van der Waals surface area contributed by atoms with E-state index in [1.54, 1.807) is 36.7 Å². The molecular weight excluding hydrogens is 433 g/mol. The molecule has 1 unspecified atom stereocenters. The fraction of sp³-hybridized carbons (Fsp3) is 0.263. The number of carbonyl (C=O) groups excluding carboxylic acids is 1. The van der Waals surface area contributed by atoms with E-state index >= 15 is 0 Å². The summed E-state index contributed by atoms with van der Waals surface area (Å²) in [5, 5.41) is 21.1. The number of aryl methyl sites for hydroxylation is 1. The van der Waals surface area contributed by atoms with Crippen LogP contribution in [-0.2, 0) is 11.5 Å². The molecule has 2 aromatic heterocycles. The number of aromatic nitrogens is 4. The number of anilines is 1. The number of carboxylic acid groups (broad SMARTS) is 1. The Balaban J connectivity index is 1.72. The third-order valence-corrected chi connectivity index (χ3v) is 5.00. The largest absolute Gasteiger partial charge is 0.480 e. The second kappa shape index (κ2) is 8.76. The average molecular weight is 452 g/mol. The molecule has 11 heteroatoms. The molecule has 0 aliphatic rings. The van der Waals surface area contributed by atoms with Gasteiger partial charge in [0.05, 0.1) is 33.9 Å². The van der Waals surface area contributed by atoms with Crippen molar-refractivity contribution in [3.8, 4) is 5.75 Å². The van der Waals surface area contributed by atoms with Gasteiger partial charge in [-0.3, -0.25) is 9.48 Å². The van der Waals surface area contributed by atoms with E-state index in [0.29, 0.717) is 32.9 Å². The predicted molar refractivity (Wildman–Crippen MR) is 111 cm³/mol. The molecular formula is C19H19Cl2N5O4. The topological polar surface area (TPSA) is 111 Å². The minimum Gasteiger partial charge on any atom is -0.480 e. The summed E-state index contributed by atoms with van der Waals surface area (Å²) in [6.07, 6.45) is 2.70. The smallest absolute Gasteiger partial charge is 0.328 e. The van der Waals surface area contributed by atoms with Crippen molar-refractivity contribution in [2.75, 3.05) is 5.32 Å². The number of aliphatic carboxylic acids is 1. The van der Waals surface area contributed by atoms with Crippen LogP contribution >= 0.6 is 23.2 Å². The van der Waals surface area contributed by atoms with E-state index in [9.17, 15) is 9.59 Å². The number of benzene rings is 1. The lowest BCUT2D eigenvalue weighted by Gasteiger charge is -2.10. The van der Waals surface area contributed by atoms with Gasteiger partial charge in [-0.05, 0) is 39.0 Å². The Labute approximate surface area is 182 Å². The maximum absolute atomic E-state index is 12.6. The zero-order valence-electron chi connectivity index (χ0n) is 16.4. The van der Waals surface area contributed by atoms with Crippen LogP contribution in [0.25, 0.3) is 0 Å². The molecule has 3 rings (SSSR count). The lowest BCUT2D eigenvalue weighted by atomic mass is 10.2. The van der Waals surface area contributed by atoms with Gasteiger partial charge in [0.1, 0.15) is 11.8 Å². The number of hydrogen-bond donors (Lipinski definition) is 2. The number of carboxylic acids is 1. The van der Waals surface area contributed by atoms with Gasteiger partial charge in [0.2, 0.25) is 0 Å². The summed E-state index contributed by atoms with van der Waals surface area (Å²) in [6, 6.07) is 4.03. The Morgan fingerprint density at radius 3 is 2.70 bits per heavy atom. The molecule has 1 aromatic carbocycles. The fourth-order valence-corrected chi connectivity index (χ4v) is 3.16. The second-order valence-electron chi connectivity index (χ2n) is 6.57. The molecule has 0 saturated heterocycles. The van der Waals surface area contributed by atoms with Gasteiger partial charge in [-0.2, -0.15) is 10.2 Å². The number of halogens is 2. The summed E-state index contributed by atoms with van der Waals surface area (Å²) in [6.45, 7) is 5.10. The van der Waals surface area contributed by atoms with Crippen molar-refractivity contribution in [2.45, 2.75) is 33.5 Å². The molecule has 0 radical (unpaired) electrons. The zero-order chi connectivity index (χ0) is 22.0. The van der Waals surface area contributed by atoms with E-state index in [4.69, 9.17) is 33.0 Å². The molecule has 0 spiro atoms. The maximum Gasteiger partial charge on any atom is 0.328 e. The van der Waals surface area contributed by atoms with Crippen LogP contribution in [0.3, 0.4) is 0 Å². The molecule has 1 atom stereocenters. The molecule has 0 saturated carbocycles. The zero-order valence-corrected chi connectivity index (χ0v) is 17.9. The molecule has 0 fully saturated rings. The van der Waals surface area contributed by atoms with Crippen molar-refractivity contribution in [3.05, 3.63) is 57.6 Å². The molecule has 9 nitrogen and oxygen atoms in total. The van der Waals surface area contributed by atoms with Crippen LogP contribution in [0.5, 0.6) is 5.75 Å². The molecule has 2 N–H and O–H groups in total. The van der Waals surface area contributed by atoms with Crippen molar-refractivity contribution in [3.63, 3.8) is 0 Å². The van der Waals surface area contributed by atoms with Gasteiger partial charge in [0.15, 0.2) is 6.73 Å². The summed E-state index contributed by atoms with van der Waals surface area (Å²) in [5.74, 6) is -1.01. The van der Waals surface area contributed by atoms with E-state index in [2.05, 4.69) is 15.5 Å². The quantitative estimate of drug-likeness (QED) is 0.562. The van der Waals surface area contributed by atoms with E-state index in [1.807, 2.05) is 0 Å². The van der Waals surface area contributed by atoms with Crippen LogP contribution in [-0.4, -0.2) is 36.5 Å². The van der Waals surface area contributed by atoms with Crippen molar-refractivity contribution in [1.29, 1.82) is 0 Å². The number of rotatable bonds is 7. The summed E-state index contributed by atoms with van der Waals surface area (Å²) >= 11 is 12.0. The highest BCUT2D eigenvalue weighted by Gasteiger charge is 2.19. The Bertz CT molecular complexity index is 1110. The number of amides is 1. The van der Waals surface area contributed by atoms with Crippen LogP contribution in [0.1, 0.15) is 34.7 Å². The van der Waals surface area contributed by atoms with Crippen molar-refractivity contribution >= 4 is 40.8 Å². The van der Waals surface area contributed by atoms with Gasteiger partial charge < -0.3 is 15.2 Å². The van der Waals surface area contributed by atoms with Crippen LogP contribution in [0, 0.1) is 13.8 Å². The summed E-state index contributed by atoms with van der Waals surface area (Å²) < 4.78 is 8.50. The third kappa shape index (κ3) is 4.58. The number of nitrogens with one attached hydrogen (secondary N) is 1. The highest BCUT2D eigenvalue weighted by Crippen LogP contribution is 2.28. The SMILES string of the molecule is Cc1nn(COc2ccc(Cl)cc2Cl)c(C)c1NC(=O)c1cnn(C(C)C(=O)O)c1. The van der Waals surface area contributed by atoms with E-state index in [0.717, 1.165) is 0 Å². The summed E-state index contributed by atoms with van der Waals surface area (Å²) in [5.41, 5.74) is 2.04. The molecule has 30 heavy (non-hydrogen) atoms. The minimum atomic E-state index is -1.04. The second-order valence-corrected chi connectivity index (χ2v) is 7.41. The molecule has 1 amide bonds. The van der Waals surface area contributed by atoms with Crippen molar-refractivity contribution < 1.29 is 19.4 Å². The summed E-state index contributed by atoms with van der Waals surface area (Å²) in [7, 11) is 0. The lowest BCUT2D eigenvalue weighted by molar-refractivity contribution is -0.140. The minimum absolute atomic E-state index is 0.0813. The first kappa shape index (κ1) is 21.7. The van der Waals surface area contributed by atoms with Gasteiger partial charge in [-0.25, -0.2) is 9.48 Å². The van der Waals surface area contributed by atoms with Crippen molar-refractivity contribution in [1.82, 2.24) is 19.6 Å². The van der Waals surface area contributed by atoms with Gasteiger partial charge in [-0.1, -0.05) is 23.2 Å². The maximum atomic E-state index is 12.6. The number of ether oxygens (including phenoxy) is 1. The van der Waals surface area contributed by atoms with Crippen LogP contribution < -0.4 is 10.1 Å². The monoisotopic (exact) mass is 451 g/mol. The van der Waals surface area contributed by atoms with E-state index < -0.39 is 17.9 Å². The highest BCUT2D eigenvalue weighted by atomic mass is 35.5. The normalized spacial score (nSPS) is 11.9. The Kier molecular flexibility index (Phi) is 6.33. The fourth-order valence-electron chi connectivity index (χ4n) is 2.69. The molecule has 3 aromatic rings. The first-order valence-electron chi connectivity index (χ1n) is 8.87. The highest BCUT2D eigenvalue weighted by molar-refractivity contribution is 6.35. The van der Waals surface area contributed by atoms with Crippen molar-refractivity contribution in [2.24, 2.45) is 0 Å². The van der Waals surface area contributed by atoms with Crippen LogP contribution in [0.2, 0.25) is 10.0 Å². The van der Waals surface area contributed by atoms with Gasteiger partial charge in [0, 0.05) is 11.2 Å². The standard InChI is InChI=1S/C19H19Cl2N5O4/c1-10-17(23-18(27)13-7-22-25(8-13)12(3)19(28)29)11(2)26(24-10)9-30-16-5-4-14(20)6-15(16)21/h4-8,12H,9H2,1-3H3,(H,23,27)(H,28,29). The lowest BCUT2D eigenvalue weighted by Crippen LogP contribution is -2.16. The van der Waals surface area contributed by atoms with Gasteiger partial charge in [0.25, 0.3) is 5.91 Å². The van der Waals surface area contributed by atoms with Gasteiger partial charge >= 0.3 is 5.97 Å². The Morgan fingerprint density at radius 1 is 1.30 bits per heavy atom. The number of nitrogens with zero attached hydrogens (tertiary/aromatic N) is 4. The van der Waals surface area contributed by atoms with Crippen LogP contribution in [0.4, 0.5) is 5.69 Å². The number of carbonyl (C=O) groups is 2. The average Bonchev–Trinajstić information content (AvgIpc) is 3.27. The van der Waals surface area contributed by atoms with Gasteiger partial charge in [-0.15, -0.1) is 0 Å². The van der Waals surface area contributed by atoms with E-state index in [-0.39, 0.29) is 12.3 Å². The van der Waals surface area contributed by atoms with E-state index in [1.165, 1.54) is 24.0 Å². The molecule has 0 aliphatic carbocycles.